The highest BCUT2D eigenvalue weighted by Gasteiger charge is 2.28. The van der Waals surface area contributed by atoms with E-state index in [0.29, 0.717) is 12.3 Å². The summed E-state index contributed by atoms with van der Waals surface area (Å²) in [6, 6.07) is 14.0. The predicted molar refractivity (Wildman–Crippen MR) is 132 cm³/mol. The molecule has 1 amide bonds. The standard InChI is InChI=1S/C23H30N2O2.2C2H6/c1-16(26)22(14-18-9-10-19-5-3-4-6-21(19)13-18)25-23(27)20-11-7-17(8-12-20)15-24-2;2*1-2/h3-6,9-10,13,17,20,22,24H,7-8,11-12,14-15H2,1-2H3,(H,25,27);2*1-2H3. The van der Waals surface area contributed by atoms with Gasteiger partial charge in [0.25, 0.3) is 0 Å². The number of hydrogen-bond donors (Lipinski definition) is 2. The van der Waals surface area contributed by atoms with Crippen LogP contribution in [0.5, 0.6) is 0 Å². The molecule has 0 aliphatic heterocycles. The highest BCUT2D eigenvalue weighted by molar-refractivity contribution is 5.89. The summed E-state index contributed by atoms with van der Waals surface area (Å²) in [7, 11) is 1.98. The van der Waals surface area contributed by atoms with Gasteiger partial charge in [0.2, 0.25) is 5.91 Å². The summed E-state index contributed by atoms with van der Waals surface area (Å²) in [6.07, 6.45) is 4.53. The van der Waals surface area contributed by atoms with E-state index in [2.05, 4.69) is 34.9 Å². The van der Waals surface area contributed by atoms with Gasteiger partial charge in [0, 0.05) is 5.92 Å². The molecule has 0 aromatic heterocycles. The van der Waals surface area contributed by atoms with Crippen LogP contribution in [0.1, 0.15) is 65.9 Å². The van der Waals surface area contributed by atoms with Crippen molar-refractivity contribution in [3.8, 4) is 0 Å². The zero-order valence-corrected chi connectivity index (χ0v) is 20.3. The van der Waals surface area contributed by atoms with Crippen LogP contribution in [0, 0.1) is 11.8 Å². The third-order valence-electron chi connectivity index (χ3n) is 5.77. The first-order valence-corrected chi connectivity index (χ1v) is 12.0. The maximum atomic E-state index is 12.7. The van der Waals surface area contributed by atoms with Crippen molar-refractivity contribution < 1.29 is 9.59 Å². The Hall–Kier alpha value is -2.20. The van der Waals surface area contributed by atoms with E-state index in [4.69, 9.17) is 0 Å². The molecular formula is C27H42N2O2. The Kier molecular flexibility index (Phi) is 12.8. The lowest BCUT2D eigenvalue weighted by Gasteiger charge is -2.28. The Labute approximate surface area is 189 Å². The van der Waals surface area contributed by atoms with Crippen molar-refractivity contribution in [2.24, 2.45) is 11.8 Å². The van der Waals surface area contributed by atoms with E-state index in [0.717, 1.165) is 43.2 Å². The van der Waals surface area contributed by atoms with Gasteiger partial charge in [-0.1, -0.05) is 70.2 Å². The van der Waals surface area contributed by atoms with Gasteiger partial charge in [-0.3, -0.25) is 9.59 Å². The van der Waals surface area contributed by atoms with Gasteiger partial charge >= 0.3 is 0 Å². The molecule has 0 radical (unpaired) electrons. The fourth-order valence-electron chi connectivity index (χ4n) is 4.10. The summed E-state index contributed by atoms with van der Waals surface area (Å²) in [4.78, 5) is 24.8. The van der Waals surface area contributed by atoms with Gasteiger partial charge in [-0.25, -0.2) is 0 Å². The van der Waals surface area contributed by atoms with Crippen LogP contribution in [-0.2, 0) is 16.0 Å². The topological polar surface area (TPSA) is 58.2 Å². The molecule has 1 saturated carbocycles. The van der Waals surface area contributed by atoms with E-state index < -0.39 is 6.04 Å². The number of rotatable bonds is 7. The van der Waals surface area contributed by atoms with Crippen LogP contribution in [0.2, 0.25) is 0 Å². The molecule has 4 nitrogen and oxygen atoms in total. The fourth-order valence-corrected chi connectivity index (χ4v) is 4.10. The Balaban J connectivity index is 0.00000113. The van der Waals surface area contributed by atoms with Crippen LogP contribution in [0.25, 0.3) is 10.8 Å². The van der Waals surface area contributed by atoms with Gasteiger partial charge in [-0.2, -0.15) is 0 Å². The van der Waals surface area contributed by atoms with Crippen molar-refractivity contribution in [1.82, 2.24) is 10.6 Å². The largest absolute Gasteiger partial charge is 0.346 e. The average Bonchev–Trinajstić information content (AvgIpc) is 2.81. The normalized spacial score (nSPS) is 18.6. The second-order valence-corrected chi connectivity index (χ2v) is 7.83. The molecule has 3 rings (SSSR count). The first-order valence-electron chi connectivity index (χ1n) is 12.0. The lowest BCUT2D eigenvalue weighted by atomic mass is 9.81. The van der Waals surface area contributed by atoms with E-state index in [-0.39, 0.29) is 17.6 Å². The van der Waals surface area contributed by atoms with Crippen LogP contribution in [-0.4, -0.2) is 31.3 Å². The molecule has 1 aliphatic rings. The summed E-state index contributed by atoms with van der Waals surface area (Å²) in [6.45, 7) is 10.6. The number of carbonyl (C=O) groups excluding carboxylic acids is 2. The van der Waals surface area contributed by atoms with Crippen molar-refractivity contribution in [3.05, 3.63) is 48.0 Å². The molecule has 2 aromatic carbocycles. The third-order valence-corrected chi connectivity index (χ3v) is 5.77. The van der Waals surface area contributed by atoms with E-state index in [1.165, 1.54) is 5.39 Å². The minimum Gasteiger partial charge on any atom is -0.346 e. The smallest absolute Gasteiger partial charge is 0.223 e. The lowest BCUT2D eigenvalue weighted by molar-refractivity contribution is -0.130. The van der Waals surface area contributed by atoms with Gasteiger partial charge < -0.3 is 10.6 Å². The Morgan fingerprint density at radius 3 is 2.13 bits per heavy atom. The number of benzene rings is 2. The highest BCUT2D eigenvalue weighted by Crippen LogP contribution is 2.28. The van der Waals surface area contributed by atoms with Crippen LogP contribution in [0.3, 0.4) is 0 Å². The van der Waals surface area contributed by atoms with E-state index in [9.17, 15) is 9.59 Å². The summed E-state index contributed by atoms with van der Waals surface area (Å²) >= 11 is 0. The number of hydrogen-bond acceptors (Lipinski definition) is 3. The molecule has 2 N–H and O–H groups in total. The summed E-state index contributed by atoms with van der Waals surface area (Å²) in [5.41, 5.74) is 1.08. The van der Waals surface area contributed by atoms with E-state index in [1.807, 2.05) is 52.9 Å². The minimum atomic E-state index is -0.450. The zero-order chi connectivity index (χ0) is 23.2. The van der Waals surface area contributed by atoms with Crippen molar-refractivity contribution >= 4 is 22.5 Å². The summed E-state index contributed by atoms with van der Waals surface area (Å²) in [5.74, 6) is 0.760. The Morgan fingerprint density at radius 1 is 0.935 bits per heavy atom. The molecule has 172 valence electrons. The quantitative estimate of drug-likeness (QED) is 0.612. The van der Waals surface area contributed by atoms with Crippen molar-refractivity contribution in [2.45, 2.75) is 72.8 Å². The molecule has 1 fully saturated rings. The van der Waals surface area contributed by atoms with Crippen molar-refractivity contribution in [2.75, 3.05) is 13.6 Å². The predicted octanol–water partition coefficient (Wildman–Crippen LogP) is 5.53. The van der Waals surface area contributed by atoms with Gasteiger partial charge in [-0.05, 0) is 74.9 Å². The number of amides is 1. The molecule has 0 bridgehead atoms. The van der Waals surface area contributed by atoms with Gasteiger partial charge in [0.1, 0.15) is 0 Å². The fraction of sp³-hybridized carbons (Fsp3) is 0.556. The summed E-state index contributed by atoms with van der Waals surface area (Å²) in [5, 5.41) is 8.59. The minimum absolute atomic E-state index is 0.0142. The highest BCUT2D eigenvalue weighted by atomic mass is 16.2. The second kappa shape index (κ2) is 14.7. The molecule has 31 heavy (non-hydrogen) atoms. The van der Waals surface area contributed by atoms with Crippen molar-refractivity contribution in [1.29, 1.82) is 0 Å². The molecule has 0 spiro atoms. The van der Waals surface area contributed by atoms with Crippen LogP contribution >= 0.6 is 0 Å². The third kappa shape index (κ3) is 8.45. The van der Waals surface area contributed by atoms with Crippen LogP contribution < -0.4 is 10.6 Å². The van der Waals surface area contributed by atoms with Crippen molar-refractivity contribution in [3.63, 3.8) is 0 Å². The lowest BCUT2D eigenvalue weighted by Crippen LogP contribution is -2.45. The zero-order valence-electron chi connectivity index (χ0n) is 20.3. The number of Topliss-reactive ketones (excluding diaryl/α,β-unsaturated/α-hetero) is 1. The average molecular weight is 427 g/mol. The molecule has 4 heteroatoms. The molecule has 1 aliphatic carbocycles. The molecular weight excluding hydrogens is 384 g/mol. The van der Waals surface area contributed by atoms with Crippen LogP contribution in [0.15, 0.2) is 42.5 Å². The number of nitrogens with one attached hydrogen (secondary N) is 2. The number of carbonyl (C=O) groups is 2. The molecule has 1 atom stereocenters. The number of fused-ring (bicyclic) bond motifs is 1. The first kappa shape index (κ1) is 26.8. The Bertz CT molecular complexity index is 795. The molecule has 0 saturated heterocycles. The SMILES string of the molecule is CC.CC.CNCC1CCC(C(=O)NC(Cc2ccc3ccccc3c2)C(C)=O)CC1. The Morgan fingerprint density at radius 2 is 1.55 bits per heavy atom. The van der Waals surface area contributed by atoms with Gasteiger partial charge in [0.05, 0.1) is 6.04 Å². The summed E-state index contributed by atoms with van der Waals surface area (Å²) < 4.78 is 0. The molecule has 2 aromatic rings. The monoisotopic (exact) mass is 426 g/mol. The maximum Gasteiger partial charge on any atom is 0.223 e. The first-order chi connectivity index (χ1) is 15.1. The van der Waals surface area contributed by atoms with Gasteiger partial charge in [-0.15, -0.1) is 0 Å². The van der Waals surface area contributed by atoms with Gasteiger partial charge in [0.15, 0.2) is 5.78 Å². The van der Waals surface area contributed by atoms with E-state index in [1.54, 1.807) is 6.92 Å². The molecule has 1 unspecified atom stereocenters. The van der Waals surface area contributed by atoms with Crippen LogP contribution in [0.4, 0.5) is 0 Å². The number of ketones is 1. The second-order valence-electron chi connectivity index (χ2n) is 7.83. The van der Waals surface area contributed by atoms with E-state index >= 15 is 0 Å². The molecule has 0 heterocycles. The maximum absolute atomic E-state index is 12.7.